The maximum atomic E-state index is 12.5. The number of amides is 1. The van der Waals surface area contributed by atoms with Gasteiger partial charge in [0.05, 0.1) is 29.1 Å². The fourth-order valence-electron chi connectivity index (χ4n) is 2.27. The lowest BCUT2D eigenvalue weighted by Gasteiger charge is -2.26. The Morgan fingerprint density at radius 1 is 1.27 bits per heavy atom. The highest BCUT2D eigenvalue weighted by atomic mass is 35.5. The fraction of sp³-hybridized carbons (Fsp3) is 0.333. The quantitative estimate of drug-likeness (QED) is 0.650. The number of pyridine rings is 1. The highest BCUT2D eigenvalue weighted by Gasteiger charge is 2.25. The predicted molar refractivity (Wildman–Crippen MR) is 102 cm³/mol. The number of aromatic amines is 1. The summed E-state index contributed by atoms with van der Waals surface area (Å²) >= 11 is 0. The largest absolute Gasteiger partial charge is 0.388 e. The van der Waals surface area contributed by atoms with E-state index >= 15 is 0 Å². The van der Waals surface area contributed by atoms with Gasteiger partial charge in [-0.2, -0.15) is 0 Å². The molecule has 3 aromatic rings. The van der Waals surface area contributed by atoms with Gasteiger partial charge in [0.1, 0.15) is 5.52 Å². The number of fused-ring (bicyclic) bond motifs is 1. The van der Waals surface area contributed by atoms with Gasteiger partial charge in [-0.1, -0.05) is 0 Å². The number of nitrogens with one attached hydrogen (secondary N) is 2. The fourth-order valence-corrected chi connectivity index (χ4v) is 2.27. The van der Waals surface area contributed by atoms with E-state index < -0.39 is 11.6 Å². The molecule has 1 amide bonds. The molecule has 3 N–H and O–H groups in total. The van der Waals surface area contributed by atoms with Crippen molar-refractivity contribution in [1.29, 1.82) is 0 Å². The SMILES string of the molecule is Cc1ccc(-c2cnc3[nH]cc(C(=O)N[C@@H](C)C(C)(C)O)c3n2)cn1.Cl. The summed E-state index contributed by atoms with van der Waals surface area (Å²) in [6, 6.07) is 3.40. The lowest BCUT2D eigenvalue weighted by molar-refractivity contribution is 0.0409. The highest BCUT2D eigenvalue weighted by molar-refractivity contribution is 6.04. The Kier molecular flexibility index (Phi) is 5.63. The molecule has 0 fully saturated rings. The van der Waals surface area contributed by atoms with Crippen LogP contribution >= 0.6 is 12.4 Å². The Morgan fingerprint density at radius 2 is 2.00 bits per heavy atom. The molecule has 0 spiro atoms. The van der Waals surface area contributed by atoms with E-state index in [4.69, 9.17) is 0 Å². The maximum Gasteiger partial charge on any atom is 0.255 e. The smallest absolute Gasteiger partial charge is 0.255 e. The molecule has 8 heteroatoms. The molecule has 1 atom stereocenters. The summed E-state index contributed by atoms with van der Waals surface area (Å²) in [5, 5.41) is 12.8. The van der Waals surface area contributed by atoms with Crippen molar-refractivity contribution in [2.75, 3.05) is 0 Å². The lowest BCUT2D eigenvalue weighted by atomic mass is 10.0. The summed E-state index contributed by atoms with van der Waals surface area (Å²) in [4.78, 5) is 28.7. The van der Waals surface area contributed by atoms with E-state index in [0.717, 1.165) is 11.3 Å². The Morgan fingerprint density at radius 3 is 2.62 bits per heavy atom. The van der Waals surface area contributed by atoms with Crippen molar-refractivity contribution in [2.24, 2.45) is 0 Å². The van der Waals surface area contributed by atoms with Crippen LogP contribution in [0.4, 0.5) is 0 Å². The van der Waals surface area contributed by atoms with Crippen molar-refractivity contribution < 1.29 is 9.90 Å². The molecule has 0 bridgehead atoms. The molecule has 3 aromatic heterocycles. The summed E-state index contributed by atoms with van der Waals surface area (Å²) < 4.78 is 0. The molecule has 138 valence electrons. The topological polar surface area (TPSA) is 104 Å². The second-order valence-electron chi connectivity index (χ2n) is 6.69. The van der Waals surface area contributed by atoms with Crippen LogP contribution in [0.15, 0.2) is 30.7 Å². The normalized spacial score (nSPS) is 12.5. The van der Waals surface area contributed by atoms with Crippen molar-refractivity contribution in [3.05, 3.63) is 42.0 Å². The molecule has 0 saturated carbocycles. The van der Waals surface area contributed by atoms with Gasteiger partial charge in [-0.3, -0.25) is 9.78 Å². The zero-order valence-corrected chi connectivity index (χ0v) is 15.9. The third-order valence-electron chi connectivity index (χ3n) is 4.24. The minimum atomic E-state index is -1.02. The van der Waals surface area contributed by atoms with Crippen LogP contribution in [0.2, 0.25) is 0 Å². The van der Waals surface area contributed by atoms with Crippen molar-refractivity contribution in [3.8, 4) is 11.3 Å². The van der Waals surface area contributed by atoms with Crippen LogP contribution in [0.3, 0.4) is 0 Å². The second-order valence-corrected chi connectivity index (χ2v) is 6.69. The number of hydrogen-bond donors (Lipinski definition) is 3. The average Bonchev–Trinajstić information content (AvgIpc) is 2.97. The Hall–Kier alpha value is -2.51. The Labute approximate surface area is 157 Å². The van der Waals surface area contributed by atoms with Crippen molar-refractivity contribution in [1.82, 2.24) is 25.3 Å². The van der Waals surface area contributed by atoms with E-state index in [1.54, 1.807) is 39.4 Å². The summed E-state index contributed by atoms with van der Waals surface area (Å²) in [7, 11) is 0. The summed E-state index contributed by atoms with van der Waals surface area (Å²) in [5.41, 5.74) is 2.78. The monoisotopic (exact) mass is 375 g/mol. The van der Waals surface area contributed by atoms with Gasteiger partial charge in [0, 0.05) is 23.7 Å². The number of H-pyrrole nitrogens is 1. The number of carbonyl (C=O) groups excluding carboxylic acids is 1. The van der Waals surface area contributed by atoms with Gasteiger partial charge in [-0.25, -0.2) is 9.97 Å². The molecule has 0 saturated heterocycles. The summed E-state index contributed by atoms with van der Waals surface area (Å²) in [6.45, 7) is 6.96. The predicted octanol–water partition coefficient (Wildman–Crippen LogP) is 2.64. The van der Waals surface area contributed by atoms with Crippen LogP contribution in [-0.2, 0) is 0 Å². The molecular formula is C18H22ClN5O2. The number of nitrogens with zero attached hydrogens (tertiary/aromatic N) is 3. The number of rotatable bonds is 4. The standard InChI is InChI=1S/C18H21N5O2.ClH/c1-10-5-6-12(7-19-10)14-9-21-16-15(23-14)13(8-20-16)17(24)22-11(2)18(3,4)25;/h5-9,11,25H,1-4H3,(H,20,21)(H,22,24);1H/t11-;/m0./s1. The highest BCUT2D eigenvalue weighted by Crippen LogP contribution is 2.21. The van der Waals surface area contributed by atoms with Crippen molar-refractivity contribution in [2.45, 2.75) is 39.3 Å². The van der Waals surface area contributed by atoms with Gasteiger partial charge < -0.3 is 15.4 Å². The van der Waals surface area contributed by atoms with Gasteiger partial charge in [0.25, 0.3) is 5.91 Å². The van der Waals surface area contributed by atoms with E-state index in [2.05, 4.69) is 25.3 Å². The number of aliphatic hydroxyl groups is 1. The Balaban J connectivity index is 0.00000243. The first-order chi connectivity index (χ1) is 11.8. The number of aryl methyl sites for hydroxylation is 1. The van der Waals surface area contributed by atoms with Gasteiger partial charge in [-0.15, -0.1) is 12.4 Å². The molecular weight excluding hydrogens is 354 g/mol. The van der Waals surface area contributed by atoms with E-state index in [-0.39, 0.29) is 18.3 Å². The number of hydrogen-bond acceptors (Lipinski definition) is 5. The third kappa shape index (κ3) is 4.00. The first-order valence-corrected chi connectivity index (χ1v) is 8.06. The number of halogens is 1. The van der Waals surface area contributed by atoms with E-state index in [9.17, 15) is 9.90 Å². The molecule has 3 heterocycles. The third-order valence-corrected chi connectivity index (χ3v) is 4.24. The van der Waals surface area contributed by atoms with E-state index in [1.807, 2.05) is 19.1 Å². The molecule has 0 unspecified atom stereocenters. The van der Waals surface area contributed by atoms with Crippen LogP contribution in [0, 0.1) is 6.92 Å². The van der Waals surface area contributed by atoms with E-state index in [1.165, 1.54) is 0 Å². The zero-order valence-electron chi connectivity index (χ0n) is 15.1. The number of carbonyl (C=O) groups is 1. The molecule has 3 rings (SSSR count). The number of aromatic nitrogens is 4. The summed E-state index contributed by atoms with van der Waals surface area (Å²) in [6.07, 6.45) is 4.95. The first kappa shape index (κ1) is 19.8. The summed E-state index contributed by atoms with van der Waals surface area (Å²) in [5.74, 6) is -0.311. The molecule has 0 aliphatic rings. The van der Waals surface area contributed by atoms with Crippen LogP contribution in [-0.4, -0.2) is 42.6 Å². The zero-order chi connectivity index (χ0) is 18.2. The molecule has 0 aliphatic carbocycles. The van der Waals surface area contributed by atoms with Crippen molar-refractivity contribution >= 4 is 29.5 Å². The van der Waals surface area contributed by atoms with Crippen LogP contribution in [0.25, 0.3) is 22.4 Å². The second kappa shape index (κ2) is 7.39. The van der Waals surface area contributed by atoms with Crippen LogP contribution < -0.4 is 5.32 Å². The van der Waals surface area contributed by atoms with Crippen LogP contribution in [0.1, 0.15) is 36.8 Å². The first-order valence-electron chi connectivity index (χ1n) is 8.06. The van der Waals surface area contributed by atoms with Gasteiger partial charge in [0.15, 0.2) is 5.65 Å². The Bertz CT molecular complexity index is 915. The minimum absolute atomic E-state index is 0. The lowest BCUT2D eigenvalue weighted by Crippen LogP contribution is -2.47. The molecule has 0 aliphatic heterocycles. The van der Waals surface area contributed by atoms with E-state index in [0.29, 0.717) is 22.4 Å². The average molecular weight is 376 g/mol. The minimum Gasteiger partial charge on any atom is -0.388 e. The van der Waals surface area contributed by atoms with Gasteiger partial charge in [-0.05, 0) is 39.8 Å². The molecule has 0 radical (unpaired) electrons. The maximum absolute atomic E-state index is 12.5. The van der Waals surface area contributed by atoms with Crippen molar-refractivity contribution in [3.63, 3.8) is 0 Å². The van der Waals surface area contributed by atoms with Crippen LogP contribution in [0.5, 0.6) is 0 Å². The molecule has 26 heavy (non-hydrogen) atoms. The van der Waals surface area contributed by atoms with Gasteiger partial charge in [0.2, 0.25) is 0 Å². The molecule has 0 aromatic carbocycles. The van der Waals surface area contributed by atoms with Gasteiger partial charge >= 0.3 is 0 Å². The molecule has 7 nitrogen and oxygen atoms in total.